The number of nitrogens with zero attached hydrogens (tertiary/aromatic N) is 2. The zero-order valence-electron chi connectivity index (χ0n) is 12.0. The number of carbonyl (C=O) groups is 1. The van der Waals surface area contributed by atoms with E-state index in [0.717, 1.165) is 13.0 Å². The Kier molecular flexibility index (Phi) is 4.74. The van der Waals surface area contributed by atoms with Gasteiger partial charge in [-0.05, 0) is 38.6 Å². The van der Waals surface area contributed by atoms with Crippen molar-refractivity contribution in [2.24, 2.45) is 0 Å². The third kappa shape index (κ3) is 3.69. The van der Waals surface area contributed by atoms with Gasteiger partial charge in [0.1, 0.15) is 5.69 Å². The average molecular weight is 292 g/mol. The first-order chi connectivity index (χ1) is 9.99. The topological polar surface area (TPSA) is 102 Å². The fourth-order valence-electron chi connectivity index (χ4n) is 2.58. The predicted molar refractivity (Wildman–Crippen MR) is 80.1 cm³/mol. The van der Waals surface area contributed by atoms with Crippen LogP contribution in [0.3, 0.4) is 0 Å². The van der Waals surface area contributed by atoms with E-state index in [-0.39, 0.29) is 17.3 Å². The highest BCUT2D eigenvalue weighted by atomic mass is 16.6. The number of carbonyl (C=O) groups excluding carboxylic acids is 1. The van der Waals surface area contributed by atoms with Gasteiger partial charge in [0, 0.05) is 24.2 Å². The van der Waals surface area contributed by atoms with Crippen LogP contribution >= 0.6 is 0 Å². The molecule has 7 nitrogen and oxygen atoms in total. The zero-order chi connectivity index (χ0) is 15.4. The van der Waals surface area contributed by atoms with E-state index in [0.29, 0.717) is 18.2 Å². The Bertz CT molecular complexity index is 547. The first kappa shape index (κ1) is 15.2. The summed E-state index contributed by atoms with van der Waals surface area (Å²) in [6.45, 7) is 1.62. The van der Waals surface area contributed by atoms with Gasteiger partial charge in [-0.1, -0.05) is 6.42 Å². The number of piperidine rings is 1. The van der Waals surface area contributed by atoms with Crippen LogP contribution in [0.5, 0.6) is 0 Å². The van der Waals surface area contributed by atoms with Gasteiger partial charge in [0.25, 0.3) is 11.6 Å². The van der Waals surface area contributed by atoms with Crippen LogP contribution in [0, 0.1) is 10.1 Å². The minimum absolute atomic E-state index is 0.00225. The van der Waals surface area contributed by atoms with E-state index in [2.05, 4.69) is 17.3 Å². The second kappa shape index (κ2) is 6.53. The van der Waals surface area contributed by atoms with E-state index < -0.39 is 4.92 Å². The highest BCUT2D eigenvalue weighted by molar-refractivity contribution is 5.95. The van der Waals surface area contributed by atoms with Crippen LogP contribution in [-0.2, 0) is 0 Å². The van der Waals surface area contributed by atoms with Crippen LogP contribution in [0.2, 0.25) is 0 Å². The summed E-state index contributed by atoms with van der Waals surface area (Å²) < 4.78 is 0. The van der Waals surface area contributed by atoms with Crippen molar-refractivity contribution in [1.82, 2.24) is 10.2 Å². The van der Waals surface area contributed by atoms with Crippen LogP contribution in [0.25, 0.3) is 0 Å². The van der Waals surface area contributed by atoms with Gasteiger partial charge in [-0.2, -0.15) is 0 Å². The highest BCUT2D eigenvalue weighted by Gasteiger charge is 2.20. The second-order valence-corrected chi connectivity index (χ2v) is 5.37. The van der Waals surface area contributed by atoms with Crippen molar-refractivity contribution in [2.75, 3.05) is 25.9 Å². The lowest BCUT2D eigenvalue weighted by molar-refractivity contribution is -0.383. The van der Waals surface area contributed by atoms with Crippen molar-refractivity contribution in [3.63, 3.8) is 0 Å². The normalized spacial score (nSPS) is 19.2. The molecule has 3 N–H and O–H groups in total. The molecule has 1 aromatic carbocycles. The quantitative estimate of drug-likeness (QED) is 0.496. The largest absolute Gasteiger partial charge is 0.393 e. The molecule has 1 atom stereocenters. The highest BCUT2D eigenvalue weighted by Crippen LogP contribution is 2.22. The van der Waals surface area contributed by atoms with E-state index in [1.54, 1.807) is 0 Å². The number of nitro groups is 1. The summed E-state index contributed by atoms with van der Waals surface area (Å²) >= 11 is 0. The van der Waals surface area contributed by atoms with E-state index in [9.17, 15) is 14.9 Å². The molecule has 1 heterocycles. The molecule has 1 aromatic rings. The van der Waals surface area contributed by atoms with Gasteiger partial charge >= 0.3 is 0 Å². The smallest absolute Gasteiger partial charge is 0.292 e. The summed E-state index contributed by atoms with van der Waals surface area (Å²) in [6.07, 6.45) is 3.44. The van der Waals surface area contributed by atoms with E-state index in [1.807, 2.05) is 0 Å². The molecule has 1 fully saturated rings. The molecule has 1 aliphatic rings. The maximum Gasteiger partial charge on any atom is 0.292 e. The van der Waals surface area contributed by atoms with E-state index in [4.69, 9.17) is 5.73 Å². The Morgan fingerprint density at radius 3 is 2.90 bits per heavy atom. The summed E-state index contributed by atoms with van der Waals surface area (Å²) in [4.78, 5) is 24.4. The third-order valence-corrected chi connectivity index (χ3v) is 3.91. The van der Waals surface area contributed by atoms with Gasteiger partial charge in [-0.25, -0.2) is 0 Å². The number of likely N-dealkylation sites (tertiary alicyclic amines) is 1. The molecule has 0 aliphatic carbocycles. The lowest BCUT2D eigenvalue weighted by atomic mass is 10.0. The van der Waals surface area contributed by atoms with Crippen molar-refractivity contribution in [3.05, 3.63) is 33.9 Å². The number of nitrogens with one attached hydrogen (secondary N) is 1. The number of anilines is 1. The Morgan fingerprint density at radius 2 is 2.29 bits per heavy atom. The lowest BCUT2D eigenvalue weighted by Gasteiger charge is -2.32. The summed E-state index contributed by atoms with van der Waals surface area (Å²) in [5, 5.41) is 13.6. The molecule has 0 saturated carbocycles. The molecule has 21 heavy (non-hydrogen) atoms. The first-order valence-corrected chi connectivity index (χ1v) is 7.01. The number of nitrogen functional groups attached to an aromatic ring is 1. The number of nitro benzene ring substituents is 1. The average Bonchev–Trinajstić information content (AvgIpc) is 2.45. The summed E-state index contributed by atoms with van der Waals surface area (Å²) in [6, 6.07) is 4.38. The maximum atomic E-state index is 12.1. The lowest BCUT2D eigenvalue weighted by Crippen LogP contribution is -2.44. The Morgan fingerprint density at radius 1 is 1.52 bits per heavy atom. The van der Waals surface area contributed by atoms with Gasteiger partial charge in [0.2, 0.25) is 0 Å². The van der Waals surface area contributed by atoms with Crippen LogP contribution in [-0.4, -0.2) is 41.9 Å². The van der Waals surface area contributed by atoms with E-state index in [1.165, 1.54) is 31.0 Å². The Balaban J connectivity index is 1.97. The molecule has 1 amide bonds. The van der Waals surface area contributed by atoms with Gasteiger partial charge in [-0.15, -0.1) is 0 Å². The number of likely N-dealkylation sites (N-methyl/N-ethyl adjacent to an activating group) is 1. The predicted octanol–water partition coefficient (Wildman–Crippen LogP) is 1.39. The minimum Gasteiger partial charge on any atom is -0.393 e. The van der Waals surface area contributed by atoms with Gasteiger partial charge in [0.05, 0.1) is 4.92 Å². The zero-order valence-corrected chi connectivity index (χ0v) is 12.0. The van der Waals surface area contributed by atoms with Crippen LogP contribution < -0.4 is 11.1 Å². The SMILES string of the molecule is CN1CCCCC1CNC(=O)c1ccc([N+](=O)[O-])c(N)c1. The maximum absolute atomic E-state index is 12.1. The number of benzene rings is 1. The van der Waals surface area contributed by atoms with Crippen LogP contribution in [0.15, 0.2) is 18.2 Å². The molecule has 1 saturated heterocycles. The number of hydrogen-bond donors (Lipinski definition) is 2. The number of nitrogens with two attached hydrogens (primary N) is 1. The first-order valence-electron chi connectivity index (χ1n) is 7.01. The van der Waals surface area contributed by atoms with E-state index >= 15 is 0 Å². The van der Waals surface area contributed by atoms with Crippen molar-refractivity contribution in [2.45, 2.75) is 25.3 Å². The molecular weight excluding hydrogens is 272 g/mol. The molecule has 0 radical (unpaired) electrons. The molecule has 0 aromatic heterocycles. The fourth-order valence-corrected chi connectivity index (χ4v) is 2.58. The molecule has 0 bridgehead atoms. The Labute approximate surface area is 123 Å². The summed E-state index contributed by atoms with van der Waals surface area (Å²) in [7, 11) is 2.06. The van der Waals surface area contributed by atoms with Crippen molar-refractivity contribution in [3.8, 4) is 0 Å². The standard InChI is InChI=1S/C14H20N4O3/c1-17-7-3-2-4-11(17)9-16-14(19)10-5-6-13(18(20)21)12(15)8-10/h5-6,8,11H,2-4,7,9,15H2,1H3,(H,16,19). The molecule has 2 rings (SSSR count). The fraction of sp³-hybridized carbons (Fsp3) is 0.500. The van der Waals surface area contributed by atoms with Crippen LogP contribution in [0.1, 0.15) is 29.6 Å². The molecule has 1 aliphatic heterocycles. The second-order valence-electron chi connectivity index (χ2n) is 5.37. The van der Waals surface area contributed by atoms with Crippen molar-refractivity contribution in [1.29, 1.82) is 0 Å². The van der Waals surface area contributed by atoms with Gasteiger partial charge in [0.15, 0.2) is 0 Å². The minimum atomic E-state index is -0.562. The number of amides is 1. The molecule has 1 unspecified atom stereocenters. The monoisotopic (exact) mass is 292 g/mol. The molecule has 114 valence electrons. The van der Waals surface area contributed by atoms with Gasteiger partial charge in [-0.3, -0.25) is 14.9 Å². The number of hydrogen-bond acceptors (Lipinski definition) is 5. The summed E-state index contributed by atoms with van der Waals surface area (Å²) in [5.74, 6) is -0.254. The molecule has 7 heteroatoms. The third-order valence-electron chi connectivity index (χ3n) is 3.91. The molecular formula is C14H20N4O3. The van der Waals surface area contributed by atoms with Crippen molar-refractivity contribution >= 4 is 17.3 Å². The Hall–Kier alpha value is -2.15. The van der Waals surface area contributed by atoms with Gasteiger partial charge < -0.3 is 16.0 Å². The van der Waals surface area contributed by atoms with Crippen LogP contribution in [0.4, 0.5) is 11.4 Å². The number of rotatable bonds is 4. The molecule has 0 spiro atoms. The van der Waals surface area contributed by atoms with Crippen molar-refractivity contribution < 1.29 is 9.72 Å². The summed E-state index contributed by atoms with van der Waals surface area (Å²) in [5.41, 5.74) is 5.76.